The van der Waals surface area contributed by atoms with Crippen LogP contribution >= 0.6 is 0 Å². The van der Waals surface area contributed by atoms with E-state index in [0.29, 0.717) is 6.54 Å². The van der Waals surface area contributed by atoms with E-state index in [1.54, 1.807) is 11.0 Å². The van der Waals surface area contributed by atoms with E-state index >= 15 is 0 Å². The number of fused-ring (bicyclic) bond motifs is 1. The van der Waals surface area contributed by atoms with Crippen molar-refractivity contribution in [1.29, 1.82) is 0 Å². The summed E-state index contributed by atoms with van der Waals surface area (Å²) in [4.78, 5) is 41.8. The molecule has 7 nitrogen and oxygen atoms in total. The smallest absolute Gasteiger partial charge is 0.246 e. The molecule has 0 aromatic heterocycles. The first-order valence-corrected chi connectivity index (χ1v) is 12.0. The summed E-state index contributed by atoms with van der Waals surface area (Å²) in [6, 6.07) is 8.96. The lowest BCUT2D eigenvalue weighted by atomic mass is 9.74. The minimum absolute atomic E-state index is 0.120. The van der Waals surface area contributed by atoms with Gasteiger partial charge >= 0.3 is 0 Å². The average molecular weight is 450 g/mol. The topological polar surface area (TPSA) is 87.7 Å². The van der Waals surface area contributed by atoms with Crippen LogP contribution in [0.3, 0.4) is 0 Å². The average Bonchev–Trinajstić information content (AvgIpc) is 3.47. The summed E-state index contributed by atoms with van der Waals surface area (Å²) >= 11 is 0. The van der Waals surface area contributed by atoms with E-state index < -0.39 is 29.6 Å². The third-order valence-corrected chi connectivity index (χ3v) is 7.51. The molecule has 0 radical (unpaired) electrons. The Labute approximate surface area is 194 Å². The van der Waals surface area contributed by atoms with E-state index in [4.69, 9.17) is 4.74 Å². The zero-order valence-corrected chi connectivity index (χ0v) is 18.7. The summed E-state index contributed by atoms with van der Waals surface area (Å²) in [7, 11) is 0. The molecule has 2 N–H and O–H groups in total. The second-order valence-corrected chi connectivity index (χ2v) is 9.53. The Morgan fingerprint density at radius 3 is 2.64 bits per heavy atom. The number of nitrogens with zero attached hydrogens (tertiary/aromatic N) is 1. The van der Waals surface area contributed by atoms with Gasteiger partial charge in [-0.15, -0.1) is 6.58 Å². The first-order valence-electron chi connectivity index (χ1n) is 12.0. The van der Waals surface area contributed by atoms with Gasteiger partial charge in [-0.1, -0.05) is 67.8 Å². The van der Waals surface area contributed by atoms with Crippen molar-refractivity contribution in [2.75, 3.05) is 6.54 Å². The van der Waals surface area contributed by atoms with Gasteiger partial charge in [0.1, 0.15) is 11.6 Å². The molecule has 2 saturated heterocycles. The van der Waals surface area contributed by atoms with Crippen LogP contribution in [-0.4, -0.2) is 53.0 Å². The fourth-order valence-corrected chi connectivity index (χ4v) is 6.03. The van der Waals surface area contributed by atoms with Gasteiger partial charge in [0, 0.05) is 19.1 Å². The SMILES string of the molecule is C=CCN1C(=O)[C@@H]2[C@H](C(=O)NCc3ccccc3)[C@H]3C=C[C@@]2(O3)[C@H]1C(=O)NC1CCCCC1. The standard InChI is InChI=1S/C26H31N3O4/c1-2-15-29-22(24(31)28-18-11-7-4-8-12-18)26-14-13-19(33-26)20(21(26)25(29)32)23(30)27-16-17-9-5-3-6-10-17/h2-3,5-6,9-10,13-14,18-22H,1,4,7-8,11-12,15-16H2,(H,27,30)(H,28,31)/t19-,20-,21+,22-,26+/m1/s1. The molecule has 5 atom stereocenters. The highest BCUT2D eigenvalue weighted by molar-refractivity contribution is 6.00. The maximum absolute atomic E-state index is 13.6. The molecule has 3 aliphatic heterocycles. The van der Waals surface area contributed by atoms with Crippen molar-refractivity contribution in [2.45, 2.75) is 62.4 Å². The van der Waals surface area contributed by atoms with E-state index in [-0.39, 0.29) is 30.3 Å². The molecule has 0 unspecified atom stereocenters. The number of likely N-dealkylation sites (tertiary alicyclic amines) is 1. The van der Waals surface area contributed by atoms with E-state index in [1.807, 2.05) is 42.5 Å². The van der Waals surface area contributed by atoms with Crippen molar-refractivity contribution >= 4 is 17.7 Å². The van der Waals surface area contributed by atoms with Crippen LogP contribution in [0.5, 0.6) is 0 Å². The molecule has 4 aliphatic rings. The summed E-state index contributed by atoms with van der Waals surface area (Å²) in [5, 5.41) is 6.14. The number of benzene rings is 1. The van der Waals surface area contributed by atoms with Crippen LogP contribution in [0.25, 0.3) is 0 Å². The first kappa shape index (κ1) is 21.9. The minimum Gasteiger partial charge on any atom is -0.359 e. The fraction of sp³-hybridized carbons (Fsp3) is 0.500. The highest BCUT2D eigenvalue weighted by atomic mass is 16.5. The largest absolute Gasteiger partial charge is 0.359 e. The summed E-state index contributed by atoms with van der Waals surface area (Å²) in [6.07, 6.45) is 10.1. The summed E-state index contributed by atoms with van der Waals surface area (Å²) < 4.78 is 6.31. The molecule has 3 amide bonds. The van der Waals surface area contributed by atoms with Crippen molar-refractivity contribution < 1.29 is 19.1 Å². The molecular formula is C26H31N3O4. The molecule has 1 aromatic rings. The maximum Gasteiger partial charge on any atom is 0.246 e. The lowest BCUT2D eigenvalue weighted by molar-refractivity contribution is -0.141. The number of hydrogen-bond acceptors (Lipinski definition) is 4. The normalized spacial score (nSPS) is 32.6. The third-order valence-electron chi connectivity index (χ3n) is 7.51. The van der Waals surface area contributed by atoms with Crippen molar-refractivity contribution in [3.63, 3.8) is 0 Å². The molecule has 174 valence electrons. The zero-order valence-electron chi connectivity index (χ0n) is 18.7. The van der Waals surface area contributed by atoms with Crippen molar-refractivity contribution in [2.24, 2.45) is 11.8 Å². The Kier molecular flexibility index (Phi) is 5.83. The maximum atomic E-state index is 13.6. The molecule has 7 heteroatoms. The van der Waals surface area contributed by atoms with Crippen molar-refractivity contribution in [3.8, 4) is 0 Å². The Hall–Kier alpha value is -2.93. The van der Waals surface area contributed by atoms with Crippen LogP contribution in [0, 0.1) is 11.8 Å². The van der Waals surface area contributed by atoms with Gasteiger partial charge in [-0.05, 0) is 18.4 Å². The van der Waals surface area contributed by atoms with Crippen LogP contribution in [0.15, 0.2) is 55.1 Å². The van der Waals surface area contributed by atoms with Gasteiger partial charge in [0.25, 0.3) is 0 Å². The van der Waals surface area contributed by atoms with Crippen LogP contribution < -0.4 is 10.6 Å². The molecule has 1 saturated carbocycles. The highest BCUT2D eigenvalue weighted by Crippen LogP contribution is 2.55. The number of hydrogen-bond donors (Lipinski definition) is 2. The second kappa shape index (κ2) is 8.78. The number of amides is 3. The summed E-state index contributed by atoms with van der Waals surface area (Å²) in [6.45, 7) is 4.39. The van der Waals surface area contributed by atoms with Gasteiger partial charge in [0.15, 0.2) is 0 Å². The predicted molar refractivity (Wildman–Crippen MR) is 123 cm³/mol. The molecule has 1 spiro atoms. The van der Waals surface area contributed by atoms with Crippen LogP contribution in [-0.2, 0) is 25.7 Å². The predicted octanol–water partition coefficient (Wildman–Crippen LogP) is 2.09. The Balaban J connectivity index is 1.38. The molecule has 33 heavy (non-hydrogen) atoms. The lowest BCUT2D eigenvalue weighted by Crippen LogP contribution is -2.56. The fourth-order valence-electron chi connectivity index (χ4n) is 6.03. The molecular weight excluding hydrogens is 418 g/mol. The lowest BCUT2D eigenvalue weighted by Gasteiger charge is -2.33. The number of rotatable bonds is 7. The van der Waals surface area contributed by atoms with E-state index in [0.717, 1.165) is 31.2 Å². The summed E-state index contributed by atoms with van der Waals surface area (Å²) in [5.41, 5.74) is -0.130. The van der Waals surface area contributed by atoms with Gasteiger partial charge in [-0.2, -0.15) is 0 Å². The molecule has 3 heterocycles. The first-order chi connectivity index (χ1) is 16.0. The monoisotopic (exact) mass is 449 g/mol. The highest BCUT2D eigenvalue weighted by Gasteiger charge is 2.72. The molecule has 5 rings (SSSR count). The molecule has 1 aromatic carbocycles. The van der Waals surface area contributed by atoms with E-state index in [9.17, 15) is 14.4 Å². The van der Waals surface area contributed by atoms with Gasteiger partial charge in [-0.25, -0.2) is 0 Å². The Morgan fingerprint density at radius 2 is 1.91 bits per heavy atom. The van der Waals surface area contributed by atoms with Crippen molar-refractivity contribution in [1.82, 2.24) is 15.5 Å². The number of carbonyl (C=O) groups excluding carboxylic acids is 3. The zero-order chi connectivity index (χ0) is 23.0. The number of carbonyl (C=O) groups is 3. The van der Waals surface area contributed by atoms with Crippen LogP contribution in [0.4, 0.5) is 0 Å². The Bertz CT molecular complexity index is 971. The van der Waals surface area contributed by atoms with Gasteiger partial charge < -0.3 is 20.3 Å². The Morgan fingerprint density at radius 1 is 1.15 bits per heavy atom. The van der Waals surface area contributed by atoms with Gasteiger partial charge in [0.2, 0.25) is 17.7 Å². The van der Waals surface area contributed by atoms with Gasteiger partial charge in [-0.3, -0.25) is 14.4 Å². The third kappa shape index (κ3) is 3.68. The summed E-state index contributed by atoms with van der Waals surface area (Å²) in [5.74, 6) is -2.02. The number of nitrogens with one attached hydrogen (secondary N) is 2. The quantitative estimate of drug-likeness (QED) is 0.624. The van der Waals surface area contributed by atoms with Gasteiger partial charge in [0.05, 0.1) is 17.9 Å². The second-order valence-electron chi connectivity index (χ2n) is 9.53. The van der Waals surface area contributed by atoms with Crippen LogP contribution in [0.2, 0.25) is 0 Å². The minimum atomic E-state index is -1.11. The molecule has 3 fully saturated rings. The molecule has 1 aliphatic carbocycles. The van der Waals surface area contributed by atoms with Crippen molar-refractivity contribution in [3.05, 3.63) is 60.7 Å². The van der Waals surface area contributed by atoms with Crippen LogP contribution in [0.1, 0.15) is 37.7 Å². The molecule has 2 bridgehead atoms. The number of ether oxygens (including phenoxy) is 1. The van der Waals surface area contributed by atoms with E-state index in [2.05, 4.69) is 17.2 Å². The van der Waals surface area contributed by atoms with E-state index in [1.165, 1.54) is 6.42 Å².